The number of fused-ring (bicyclic) bond motifs is 1. The fourth-order valence-corrected chi connectivity index (χ4v) is 2.60. The van der Waals surface area contributed by atoms with Crippen LogP contribution in [0.25, 0.3) is 10.9 Å². The van der Waals surface area contributed by atoms with E-state index in [1.165, 1.54) is 5.56 Å². The number of pyridine rings is 1. The quantitative estimate of drug-likeness (QED) is 0.879. The smallest absolute Gasteiger partial charge is 0.0734 e. The van der Waals surface area contributed by atoms with Crippen LogP contribution in [-0.2, 0) is 11.2 Å². The van der Waals surface area contributed by atoms with Gasteiger partial charge in [0.2, 0.25) is 0 Å². The Hall–Kier alpha value is -1.45. The molecule has 3 nitrogen and oxygen atoms in total. The van der Waals surface area contributed by atoms with Gasteiger partial charge in [0, 0.05) is 24.1 Å². The van der Waals surface area contributed by atoms with E-state index in [1.54, 1.807) is 0 Å². The summed E-state index contributed by atoms with van der Waals surface area (Å²) in [6.07, 6.45) is 3.13. The summed E-state index contributed by atoms with van der Waals surface area (Å²) < 4.78 is 5.46. The SMILES string of the molecule is OC1CCOCC1Cc1cccc2cccnc12. The minimum atomic E-state index is -0.252. The van der Waals surface area contributed by atoms with E-state index in [0.717, 1.165) is 23.7 Å². The van der Waals surface area contributed by atoms with Crippen LogP contribution in [0.15, 0.2) is 36.5 Å². The lowest BCUT2D eigenvalue weighted by Gasteiger charge is -2.27. The molecule has 0 spiro atoms. The molecule has 2 aromatic rings. The van der Waals surface area contributed by atoms with Gasteiger partial charge in [-0.1, -0.05) is 24.3 Å². The van der Waals surface area contributed by atoms with Gasteiger partial charge in [-0.15, -0.1) is 0 Å². The molecular weight excluding hydrogens is 226 g/mol. The summed E-state index contributed by atoms with van der Waals surface area (Å²) in [5.41, 5.74) is 2.24. The predicted molar refractivity (Wildman–Crippen MR) is 70.4 cm³/mol. The molecule has 3 heteroatoms. The number of rotatable bonds is 2. The number of hydrogen-bond donors (Lipinski definition) is 1. The first-order valence-corrected chi connectivity index (χ1v) is 6.43. The van der Waals surface area contributed by atoms with Gasteiger partial charge in [-0.05, 0) is 24.5 Å². The standard InChI is InChI=1S/C15H17NO2/c17-14-6-8-18-10-13(14)9-12-4-1-3-11-5-2-7-16-15(11)12/h1-5,7,13-14,17H,6,8-10H2. The van der Waals surface area contributed by atoms with Crippen LogP contribution in [0.1, 0.15) is 12.0 Å². The molecule has 18 heavy (non-hydrogen) atoms. The van der Waals surface area contributed by atoms with E-state index in [9.17, 15) is 5.11 Å². The first kappa shape index (κ1) is 11.6. The number of benzene rings is 1. The molecule has 2 heterocycles. The summed E-state index contributed by atoms with van der Waals surface area (Å²) in [5, 5.41) is 11.2. The monoisotopic (exact) mass is 243 g/mol. The lowest BCUT2D eigenvalue weighted by atomic mass is 9.90. The van der Waals surface area contributed by atoms with Gasteiger partial charge in [0.05, 0.1) is 18.2 Å². The highest BCUT2D eigenvalue weighted by Gasteiger charge is 2.24. The topological polar surface area (TPSA) is 42.4 Å². The first-order chi connectivity index (χ1) is 8.84. The van der Waals surface area contributed by atoms with Crippen LogP contribution in [0.3, 0.4) is 0 Å². The minimum Gasteiger partial charge on any atom is -0.393 e. The molecule has 3 rings (SSSR count). The molecule has 94 valence electrons. The Balaban J connectivity index is 1.90. The maximum absolute atomic E-state index is 10.0. The third kappa shape index (κ3) is 2.24. The Labute approximate surface area is 106 Å². The largest absolute Gasteiger partial charge is 0.393 e. The van der Waals surface area contributed by atoms with Crippen LogP contribution in [0, 0.1) is 5.92 Å². The molecular formula is C15H17NO2. The van der Waals surface area contributed by atoms with Crippen molar-refractivity contribution in [2.45, 2.75) is 18.9 Å². The minimum absolute atomic E-state index is 0.186. The molecule has 0 amide bonds. The second-order valence-electron chi connectivity index (χ2n) is 4.89. The highest BCUT2D eigenvalue weighted by molar-refractivity contribution is 5.81. The summed E-state index contributed by atoms with van der Waals surface area (Å²) in [5.74, 6) is 0.186. The molecule has 0 radical (unpaired) electrons. The maximum atomic E-state index is 10.0. The van der Waals surface area contributed by atoms with Gasteiger partial charge in [-0.3, -0.25) is 4.98 Å². The van der Waals surface area contributed by atoms with Crippen molar-refractivity contribution in [3.63, 3.8) is 0 Å². The molecule has 2 atom stereocenters. The second kappa shape index (κ2) is 5.04. The van der Waals surface area contributed by atoms with Crippen LogP contribution >= 0.6 is 0 Å². The Morgan fingerprint density at radius 2 is 2.17 bits per heavy atom. The van der Waals surface area contributed by atoms with Crippen molar-refractivity contribution in [1.29, 1.82) is 0 Å². The fraction of sp³-hybridized carbons (Fsp3) is 0.400. The summed E-state index contributed by atoms with van der Waals surface area (Å²) in [6, 6.07) is 10.2. The zero-order valence-corrected chi connectivity index (χ0v) is 10.2. The summed E-state index contributed by atoms with van der Waals surface area (Å²) in [4.78, 5) is 4.45. The number of aromatic nitrogens is 1. The van der Waals surface area contributed by atoms with Crippen molar-refractivity contribution in [3.8, 4) is 0 Å². The number of aliphatic hydroxyl groups excluding tert-OH is 1. The summed E-state index contributed by atoms with van der Waals surface area (Å²) in [7, 11) is 0. The number of para-hydroxylation sites is 1. The van der Waals surface area contributed by atoms with Crippen molar-refractivity contribution in [2.75, 3.05) is 13.2 Å². The highest BCUT2D eigenvalue weighted by Crippen LogP contribution is 2.23. The molecule has 1 saturated heterocycles. The van der Waals surface area contributed by atoms with Crippen LogP contribution in [0.2, 0.25) is 0 Å². The van der Waals surface area contributed by atoms with E-state index >= 15 is 0 Å². The van der Waals surface area contributed by atoms with Gasteiger partial charge in [-0.2, -0.15) is 0 Å². The van der Waals surface area contributed by atoms with Crippen molar-refractivity contribution in [3.05, 3.63) is 42.1 Å². The second-order valence-corrected chi connectivity index (χ2v) is 4.89. The average molecular weight is 243 g/mol. The zero-order chi connectivity index (χ0) is 12.4. The third-order valence-corrected chi connectivity index (χ3v) is 3.63. The Bertz CT molecular complexity index is 536. The Kier molecular flexibility index (Phi) is 3.26. The average Bonchev–Trinajstić information content (AvgIpc) is 2.42. The third-order valence-electron chi connectivity index (χ3n) is 3.63. The van der Waals surface area contributed by atoms with E-state index in [1.807, 2.05) is 12.3 Å². The molecule has 1 aliphatic heterocycles. The van der Waals surface area contributed by atoms with Gasteiger partial charge >= 0.3 is 0 Å². The lowest BCUT2D eigenvalue weighted by molar-refractivity contribution is -0.0349. The number of nitrogens with zero attached hydrogens (tertiary/aromatic N) is 1. The predicted octanol–water partition coefficient (Wildman–Crippen LogP) is 2.17. The molecule has 2 unspecified atom stereocenters. The Morgan fingerprint density at radius 3 is 3.06 bits per heavy atom. The number of hydrogen-bond acceptors (Lipinski definition) is 3. The van der Waals surface area contributed by atoms with Crippen LogP contribution in [0.4, 0.5) is 0 Å². The van der Waals surface area contributed by atoms with E-state index in [0.29, 0.717) is 13.2 Å². The van der Waals surface area contributed by atoms with E-state index in [4.69, 9.17) is 4.74 Å². The maximum Gasteiger partial charge on any atom is 0.0734 e. The molecule has 0 aliphatic carbocycles. The molecule has 1 aliphatic rings. The molecule has 0 saturated carbocycles. The van der Waals surface area contributed by atoms with Gasteiger partial charge in [-0.25, -0.2) is 0 Å². The summed E-state index contributed by atoms with van der Waals surface area (Å²) in [6.45, 7) is 1.32. The van der Waals surface area contributed by atoms with Crippen LogP contribution < -0.4 is 0 Å². The van der Waals surface area contributed by atoms with Gasteiger partial charge < -0.3 is 9.84 Å². The molecule has 1 aromatic carbocycles. The molecule has 1 aromatic heterocycles. The van der Waals surface area contributed by atoms with Gasteiger partial charge in [0.1, 0.15) is 0 Å². The number of aliphatic hydroxyl groups is 1. The highest BCUT2D eigenvalue weighted by atomic mass is 16.5. The van der Waals surface area contributed by atoms with Crippen LogP contribution in [-0.4, -0.2) is 29.4 Å². The fourth-order valence-electron chi connectivity index (χ4n) is 2.60. The van der Waals surface area contributed by atoms with Crippen molar-refractivity contribution < 1.29 is 9.84 Å². The van der Waals surface area contributed by atoms with E-state index < -0.39 is 0 Å². The van der Waals surface area contributed by atoms with E-state index in [2.05, 4.69) is 29.2 Å². The molecule has 1 fully saturated rings. The van der Waals surface area contributed by atoms with E-state index in [-0.39, 0.29) is 12.0 Å². The van der Waals surface area contributed by atoms with Crippen molar-refractivity contribution in [2.24, 2.45) is 5.92 Å². The van der Waals surface area contributed by atoms with Gasteiger partial charge in [0.25, 0.3) is 0 Å². The first-order valence-electron chi connectivity index (χ1n) is 6.43. The number of ether oxygens (including phenoxy) is 1. The lowest BCUT2D eigenvalue weighted by Crippen LogP contribution is -2.33. The summed E-state index contributed by atoms with van der Waals surface area (Å²) >= 11 is 0. The van der Waals surface area contributed by atoms with Crippen LogP contribution in [0.5, 0.6) is 0 Å². The Morgan fingerprint density at radius 1 is 1.28 bits per heavy atom. The zero-order valence-electron chi connectivity index (χ0n) is 10.2. The molecule has 0 bridgehead atoms. The normalized spacial score (nSPS) is 24.3. The van der Waals surface area contributed by atoms with Gasteiger partial charge in [0.15, 0.2) is 0 Å². The molecule has 1 N–H and O–H groups in total. The van der Waals surface area contributed by atoms with Crippen molar-refractivity contribution >= 4 is 10.9 Å². The van der Waals surface area contributed by atoms with Crippen molar-refractivity contribution in [1.82, 2.24) is 4.98 Å².